The van der Waals surface area contributed by atoms with Gasteiger partial charge in [0.25, 0.3) is 5.91 Å². The van der Waals surface area contributed by atoms with Crippen molar-refractivity contribution in [3.8, 4) is 17.0 Å². The standard InChI is InChI=1S/C27H23F3N4O4S/c28-27(29,30)38-22-11-9-21(10-12-22)34(26-33-23(16-39-26)18-5-7-20(31)8-6-18)15-17-1-3-19(4-2-17)25(37)32-14-13-24(35)36/h1-12,16H,13-15,31H2,(H,32,37)(H,35,36). The molecule has 0 aliphatic heterocycles. The highest BCUT2D eigenvalue weighted by Crippen LogP contribution is 2.35. The van der Waals surface area contributed by atoms with Crippen LogP contribution in [0.4, 0.5) is 29.7 Å². The van der Waals surface area contributed by atoms with Gasteiger partial charge in [-0.15, -0.1) is 24.5 Å². The Morgan fingerprint density at radius 2 is 1.67 bits per heavy atom. The number of carbonyl (C=O) groups is 2. The van der Waals surface area contributed by atoms with Crippen LogP contribution in [0.1, 0.15) is 22.3 Å². The summed E-state index contributed by atoms with van der Waals surface area (Å²) in [6.45, 7) is 0.313. The van der Waals surface area contributed by atoms with Crippen molar-refractivity contribution in [1.82, 2.24) is 10.3 Å². The molecule has 0 unspecified atom stereocenters. The van der Waals surface area contributed by atoms with E-state index in [0.29, 0.717) is 34.3 Å². The van der Waals surface area contributed by atoms with E-state index < -0.39 is 18.2 Å². The minimum Gasteiger partial charge on any atom is -0.481 e. The molecular formula is C27H23F3N4O4S. The molecular weight excluding hydrogens is 533 g/mol. The van der Waals surface area contributed by atoms with Crippen LogP contribution >= 0.6 is 11.3 Å². The molecule has 0 spiro atoms. The summed E-state index contributed by atoms with van der Waals surface area (Å²) in [5.74, 6) is -1.75. The first-order valence-electron chi connectivity index (χ1n) is 11.6. The molecule has 0 aliphatic carbocycles. The number of aliphatic carboxylic acids is 1. The summed E-state index contributed by atoms with van der Waals surface area (Å²) in [5, 5.41) is 13.7. The fourth-order valence-corrected chi connectivity index (χ4v) is 4.46. The van der Waals surface area contributed by atoms with E-state index in [9.17, 15) is 22.8 Å². The molecule has 4 rings (SSSR count). The van der Waals surface area contributed by atoms with Crippen LogP contribution in [0.2, 0.25) is 0 Å². The molecule has 1 amide bonds. The Bertz CT molecular complexity index is 1420. The number of aromatic nitrogens is 1. The summed E-state index contributed by atoms with van der Waals surface area (Å²) < 4.78 is 41.9. The maximum Gasteiger partial charge on any atom is 0.573 e. The monoisotopic (exact) mass is 556 g/mol. The number of carboxylic acid groups (broad SMARTS) is 1. The number of rotatable bonds is 10. The molecule has 0 bridgehead atoms. The summed E-state index contributed by atoms with van der Waals surface area (Å²) in [7, 11) is 0. The lowest BCUT2D eigenvalue weighted by atomic mass is 10.1. The average molecular weight is 557 g/mol. The Morgan fingerprint density at radius 1 is 1.00 bits per heavy atom. The molecule has 12 heteroatoms. The zero-order valence-electron chi connectivity index (χ0n) is 20.3. The summed E-state index contributed by atoms with van der Waals surface area (Å²) in [6.07, 6.45) is -4.98. The number of thiazole rings is 1. The molecule has 0 saturated carbocycles. The topological polar surface area (TPSA) is 118 Å². The molecule has 3 aromatic carbocycles. The molecule has 4 aromatic rings. The van der Waals surface area contributed by atoms with E-state index in [1.807, 2.05) is 22.4 Å². The first-order chi connectivity index (χ1) is 18.6. The normalized spacial score (nSPS) is 11.2. The van der Waals surface area contributed by atoms with Crippen molar-refractivity contribution in [3.05, 3.63) is 89.3 Å². The average Bonchev–Trinajstić information content (AvgIpc) is 3.37. The number of nitrogen functional groups attached to an aromatic ring is 1. The number of anilines is 3. The summed E-state index contributed by atoms with van der Waals surface area (Å²) in [4.78, 5) is 29.5. The van der Waals surface area contributed by atoms with Gasteiger partial charge in [0.15, 0.2) is 5.13 Å². The zero-order valence-corrected chi connectivity index (χ0v) is 21.1. The van der Waals surface area contributed by atoms with E-state index in [4.69, 9.17) is 15.8 Å². The lowest BCUT2D eigenvalue weighted by Gasteiger charge is -2.23. The van der Waals surface area contributed by atoms with E-state index >= 15 is 0 Å². The quantitative estimate of drug-likeness (QED) is 0.210. The fourth-order valence-electron chi connectivity index (χ4n) is 3.60. The van der Waals surface area contributed by atoms with Gasteiger partial charge < -0.3 is 25.8 Å². The third-order valence-electron chi connectivity index (χ3n) is 5.49. The van der Waals surface area contributed by atoms with Crippen molar-refractivity contribution in [2.24, 2.45) is 0 Å². The van der Waals surface area contributed by atoms with Gasteiger partial charge in [-0.2, -0.15) is 0 Å². The van der Waals surface area contributed by atoms with Gasteiger partial charge in [-0.1, -0.05) is 24.3 Å². The molecule has 0 atom stereocenters. The van der Waals surface area contributed by atoms with Crippen LogP contribution < -0.4 is 20.7 Å². The van der Waals surface area contributed by atoms with Crippen LogP contribution in [0, 0.1) is 0 Å². The van der Waals surface area contributed by atoms with Gasteiger partial charge in [0.1, 0.15) is 5.75 Å². The number of nitrogens with two attached hydrogens (primary N) is 1. The minimum absolute atomic E-state index is 0.0120. The van der Waals surface area contributed by atoms with Crippen molar-refractivity contribution < 1.29 is 32.6 Å². The van der Waals surface area contributed by atoms with E-state index in [0.717, 1.165) is 11.1 Å². The molecule has 0 fully saturated rings. The van der Waals surface area contributed by atoms with Gasteiger partial charge in [0.05, 0.1) is 18.7 Å². The third kappa shape index (κ3) is 7.71. The molecule has 8 nitrogen and oxygen atoms in total. The number of nitrogens with zero attached hydrogens (tertiary/aromatic N) is 2. The Labute approximate surface area is 225 Å². The van der Waals surface area contributed by atoms with E-state index in [-0.39, 0.29) is 18.7 Å². The number of benzene rings is 3. The molecule has 39 heavy (non-hydrogen) atoms. The van der Waals surface area contributed by atoms with E-state index in [2.05, 4.69) is 10.1 Å². The van der Waals surface area contributed by atoms with Crippen LogP contribution in [0.5, 0.6) is 5.75 Å². The number of amides is 1. The number of carboxylic acids is 1. The first kappa shape index (κ1) is 27.5. The highest BCUT2D eigenvalue weighted by molar-refractivity contribution is 7.14. The minimum atomic E-state index is -4.80. The van der Waals surface area contributed by atoms with Crippen molar-refractivity contribution in [3.63, 3.8) is 0 Å². The van der Waals surface area contributed by atoms with Crippen LogP contribution in [-0.2, 0) is 11.3 Å². The number of halogens is 3. The summed E-state index contributed by atoms with van der Waals surface area (Å²) in [5.41, 5.74) is 9.72. The molecule has 1 heterocycles. The van der Waals surface area contributed by atoms with E-state index in [1.165, 1.54) is 35.6 Å². The number of hydrogen-bond acceptors (Lipinski definition) is 7. The molecule has 202 valence electrons. The second-order valence-corrected chi connectivity index (χ2v) is 9.20. The van der Waals surface area contributed by atoms with E-state index in [1.54, 1.807) is 36.4 Å². The Balaban J connectivity index is 1.58. The maximum absolute atomic E-state index is 12.6. The lowest BCUT2D eigenvalue weighted by Crippen LogP contribution is -2.26. The zero-order chi connectivity index (χ0) is 28.0. The molecule has 4 N–H and O–H groups in total. The van der Waals surface area contributed by atoms with Gasteiger partial charge in [0.2, 0.25) is 0 Å². The van der Waals surface area contributed by atoms with Crippen molar-refractivity contribution in [1.29, 1.82) is 0 Å². The highest BCUT2D eigenvalue weighted by atomic mass is 32.1. The van der Waals surface area contributed by atoms with Gasteiger partial charge in [-0.05, 0) is 54.1 Å². The molecule has 0 saturated heterocycles. The second-order valence-electron chi connectivity index (χ2n) is 8.36. The largest absolute Gasteiger partial charge is 0.573 e. The van der Waals surface area contributed by atoms with Crippen molar-refractivity contribution >= 4 is 39.7 Å². The molecule has 0 radical (unpaired) electrons. The number of hydrogen-bond donors (Lipinski definition) is 3. The van der Waals surface area contributed by atoms with Crippen molar-refractivity contribution in [2.75, 3.05) is 17.2 Å². The highest BCUT2D eigenvalue weighted by Gasteiger charge is 2.31. The number of alkyl halides is 3. The number of nitrogens with one attached hydrogen (secondary N) is 1. The third-order valence-corrected chi connectivity index (χ3v) is 6.36. The first-order valence-corrected chi connectivity index (χ1v) is 12.5. The van der Waals surface area contributed by atoms with Crippen LogP contribution in [0.25, 0.3) is 11.3 Å². The van der Waals surface area contributed by atoms with Crippen LogP contribution in [0.3, 0.4) is 0 Å². The maximum atomic E-state index is 12.6. The summed E-state index contributed by atoms with van der Waals surface area (Å²) in [6, 6.07) is 19.4. The van der Waals surface area contributed by atoms with Crippen molar-refractivity contribution in [2.45, 2.75) is 19.3 Å². The Kier molecular flexibility index (Phi) is 8.35. The van der Waals surface area contributed by atoms with Gasteiger partial charge >= 0.3 is 12.3 Å². The smallest absolute Gasteiger partial charge is 0.481 e. The lowest BCUT2D eigenvalue weighted by molar-refractivity contribution is -0.274. The fraction of sp³-hybridized carbons (Fsp3) is 0.148. The van der Waals surface area contributed by atoms with Gasteiger partial charge in [-0.25, -0.2) is 4.98 Å². The molecule has 1 aromatic heterocycles. The Hall–Kier alpha value is -4.58. The van der Waals surface area contributed by atoms with Crippen LogP contribution in [0.15, 0.2) is 78.2 Å². The van der Waals surface area contributed by atoms with Gasteiger partial charge in [-0.3, -0.25) is 9.59 Å². The second kappa shape index (κ2) is 11.9. The summed E-state index contributed by atoms with van der Waals surface area (Å²) >= 11 is 1.36. The SMILES string of the molecule is Nc1ccc(-c2csc(N(Cc3ccc(C(=O)NCCC(=O)O)cc3)c3ccc(OC(F)(F)F)cc3)n2)cc1. The predicted octanol–water partition coefficient (Wildman–Crippen LogP) is 5.83. The van der Waals surface area contributed by atoms with Gasteiger partial charge in [0, 0.05) is 34.4 Å². The molecule has 0 aliphatic rings. The number of carbonyl (C=O) groups excluding carboxylic acids is 1. The van der Waals surface area contributed by atoms with Crippen LogP contribution in [-0.4, -0.2) is 34.9 Å². The number of ether oxygens (including phenoxy) is 1. The Morgan fingerprint density at radius 3 is 2.28 bits per heavy atom. The predicted molar refractivity (Wildman–Crippen MR) is 142 cm³/mol.